The number of aromatic nitrogens is 1. The molecule has 0 radical (unpaired) electrons. The van der Waals surface area contributed by atoms with Gasteiger partial charge in [-0.15, -0.1) is 0 Å². The summed E-state index contributed by atoms with van der Waals surface area (Å²) in [5.74, 6) is 0.814. The van der Waals surface area contributed by atoms with Gasteiger partial charge in [-0.3, -0.25) is 0 Å². The number of nitrogens with zero attached hydrogens (tertiary/aromatic N) is 1. The minimum Gasteiger partial charge on any atom is -0.497 e. The second-order valence-corrected chi connectivity index (χ2v) is 5.29. The van der Waals surface area contributed by atoms with Crippen LogP contribution in [0.3, 0.4) is 0 Å². The number of nitrogens with one attached hydrogen (secondary N) is 2. The molecule has 0 aliphatic heterocycles. The van der Waals surface area contributed by atoms with Crippen LogP contribution in [0.25, 0.3) is 0 Å². The highest BCUT2D eigenvalue weighted by Gasteiger charge is 2.11. The second-order valence-electron chi connectivity index (χ2n) is 5.29. The first-order chi connectivity index (χ1) is 11.1. The zero-order valence-electron chi connectivity index (χ0n) is 13.5. The fourth-order valence-corrected chi connectivity index (χ4v) is 2.29. The molecule has 1 aromatic carbocycles. The number of methoxy groups -OCH3 is 1. The van der Waals surface area contributed by atoms with Gasteiger partial charge >= 0.3 is 6.03 Å². The summed E-state index contributed by atoms with van der Waals surface area (Å²) in [5, 5.41) is 15.5. The molecule has 1 heterocycles. The Kier molecular flexibility index (Phi) is 6.05. The fourth-order valence-electron chi connectivity index (χ4n) is 2.29. The number of aliphatic hydroxyl groups excluding tert-OH is 1. The van der Waals surface area contributed by atoms with E-state index in [0.29, 0.717) is 6.54 Å². The Morgan fingerprint density at radius 3 is 2.61 bits per heavy atom. The van der Waals surface area contributed by atoms with Crippen molar-refractivity contribution in [3.8, 4) is 5.75 Å². The summed E-state index contributed by atoms with van der Waals surface area (Å²) < 4.78 is 6.93. The van der Waals surface area contributed by atoms with Crippen molar-refractivity contribution in [1.82, 2.24) is 15.2 Å². The van der Waals surface area contributed by atoms with Crippen molar-refractivity contribution in [3.63, 3.8) is 0 Å². The van der Waals surface area contributed by atoms with Crippen LogP contribution < -0.4 is 15.4 Å². The minimum atomic E-state index is -0.720. The van der Waals surface area contributed by atoms with Crippen LogP contribution in [0.15, 0.2) is 42.6 Å². The van der Waals surface area contributed by atoms with Gasteiger partial charge in [0.2, 0.25) is 0 Å². The molecule has 1 unspecified atom stereocenters. The highest BCUT2D eigenvalue weighted by atomic mass is 16.5. The van der Waals surface area contributed by atoms with Crippen molar-refractivity contribution in [1.29, 1.82) is 0 Å². The van der Waals surface area contributed by atoms with Crippen molar-refractivity contribution in [3.05, 3.63) is 53.9 Å². The molecule has 2 amide bonds. The van der Waals surface area contributed by atoms with E-state index in [2.05, 4.69) is 10.6 Å². The lowest BCUT2D eigenvalue weighted by Crippen LogP contribution is -2.38. The van der Waals surface area contributed by atoms with Gasteiger partial charge in [-0.05, 0) is 36.2 Å². The maximum absolute atomic E-state index is 11.7. The van der Waals surface area contributed by atoms with Gasteiger partial charge in [-0.1, -0.05) is 12.1 Å². The molecule has 2 aromatic rings. The summed E-state index contributed by atoms with van der Waals surface area (Å²) in [5.41, 5.74) is 1.89. The number of carbonyl (C=O) groups excluding carboxylic acids is 1. The van der Waals surface area contributed by atoms with Gasteiger partial charge in [0.1, 0.15) is 11.9 Å². The Morgan fingerprint density at radius 1 is 1.26 bits per heavy atom. The lowest BCUT2D eigenvalue weighted by atomic mass is 10.1. The molecule has 2 rings (SSSR count). The number of rotatable bonds is 7. The minimum absolute atomic E-state index is 0.173. The maximum Gasteiger partial charge on any atom is 0.314 e. The van der Waals surface area contributed by atoms with Crippen molar-refractivity contribution >= 4 is 6.03 Å². The third kappa shape index (κ3) is 5.03. The molecule has 3 N–H and O–H groups in total. The Hall–Kier alpha value is -2.47. The van der Waals surface area contributed by atoms with Gasteiger partial charge in [-0.2, -0.15) is 0 Å². The van der Waals surface area contributed by atoms with Crippen LogP contribution in [-0.4, -0.2) is 35.9 Å². The number of hydrogen-bond donors (Lipinski definition) is 3. The lowest BCUT2D eigenvalue weighted by molar-refractivity contribution is 0.166. The fraction of sp³-hybridized carbons (Fsp3) is 0.353. The number of aryl methyl sites for hydroxylation is 1. The molecule has 0 bridgehead atoms. The first kappa shape index (κ1) is 16.9. The molecule has 0 saturated carbocycles. The predicted octanol–water partition coefficient (Wildman–Crippen LogP) is 1.61. The van der Waals surface area contributed by atoms with Crippen LogP contribution in [0.1, 0.15) is 17.4 Å². The van der Waals surface area contributed by atoms with E-state index in [1.165, 1.54) is 0 Å². The van der Waals surface area contributed by atoms with E-state index in [0.717, 1.165) is 23.4 Å². The number of benzene rings is 1. The first-order valence-electron chi connectivity index (χ1n) is 7.54. The average Bonchev–Trinajstić information content (AvgIpc) is 2.99. The Labute approximate surface area is 136 Å². The van der Waals surface area contributed by atoms with Gasteiger partial charge < -0.3 is 25.0 Å². The van der Waals surface area contributed by atoms with Crippen LogP contribution in [0.5, 0.6) is 5.75 Å². The van der Waals surface area contributed by atoms with Crippen molar-refractivity contribution in [2.45, 2.75) is 12.5 Å². The highest BCUT2D eigenvalue weighted by molar-refractivity contribution is 5.73. The number of urea groups is 1. The zero-order chi connectivity index (χ0) is 16.7. The smallest absolute Gasteiger partial charge is 0.314 e. The van der Waals surface area contributed by atoms with Crippen molar-refractivity contribution < 1.29 is 14.6 Å². The predicted molar refractivity (Wildman–Crippen MR) is 88.5 cm³/mol. The largest absolute Gasteiger partial charge is 0.497 e. The molecule has 23 heavy (non-hydrogen) atoms. The summed E-state index contributed by atoms with van der Waals surface area (Å²) in [6.07, 6.45) is 1.87. The molecule has 0 aliphatic carbocycles. The number of hydrogen-bond acceptors (Lipinski definition) is 3. The van der Waals surface area contributed by atoms with Crippen LogP contribution in [0.4, 0.5) is 4.79 Å². The third-order valence-corrected chi connectivity index (χ3v) is 3.64. The van der Waals surface area contributed by atoms with Gasteiger partial charge in [0.05, 0.1) is 13.7 Å². The van der Waals surface area contributed by atoms with Crippen LogP contribution in [0.2, 0.25) is 0 Å². The molecule has 6 nitrogen and oxygen atoms in total. The van der Waals surface area contributed by atoms with E-state index in [1.54, 1.807) is 7.11 Å². The van der Waals surface area contributed by atoms with E-state index in [1.807, 2.05) is 54.2 Å². The molecular formula is C17H23N3O3. The third-order valence-electron chi connectivity index (χ3n) is 3.64. The molecule has 1 aromatic heterocycles. The number of ether oxygens (including phenoxy) is 1. The number of aliphatic hydroxyl groups is 1. The standard InChI is InChI=1S/C17H23N3O3/c1-20-11-3-4-15(20)16(21)12-19-17(22)18-10-9-13-5-7-14(23-2)8-6-13/h3-8,11,16,21H,9-10,12H2,1-2H3,(H2,18,19,22). The van der Waals surface area contributed by atoms with Crippen LogP contribution in [0, 0.1) is 0 Å². The first-order valence-corrected chi connectivity index (χ1v) is 7.54. The zero-order valence-corrected chi connectivity index (χ0v) is 13.5. The molecule has 0 fully saturated rings. The molecule has 0 spiro atoms. The number of amides is 2. The second kappa shape index (κ2) is 8.24. The Balaban J connectivity index is 1.67. The molecular weight excluding hydrogens is 294 g/mol. The van der Waals surface area contributed by atoms with E-state index < -0.39 is 6.10 Å². The van der Waals surface area contributed by atoms with E-state index >= 15 is 0 Å². The van der Waals surface area contributed by atoms with E-state index in [-0.39, 0.29) is 12.6 Å². The highest BCUT2D eigenvalue weighted by Crippen LogP contribution is 2.12. The summed E-state index contributed by atoms with van der Waals surface area (Å²) in [6, 6.07) is 11.1. The molecule has 0 aliphatic rings. The number of carbonyl (C=O) groups is 1. The van der Waals surface area contributed by atoms with Gasteiger partial charge in [0.15, 0.2) is 0 Å². The average molecular weight is 317 g/mol. The summed E-state index contributed by atoms with van der Waals surface area (Å²) in [6.45, 7) is 0.699. The molecule has 124 valence electrons. The summed E-state index contributed by atoms with van der Waals surface area (Å²) >= 11 is 0. The van der Waals surface area contributed by atoms with E-state index in [9.17, 15) is 9.90 Å². The molecule has 1 atom stereocenters. The van der Waals surface area contributed by atoms with Crippen LogP contribution >= 0.6 is 0 Å². The lowest BCUT2D eigenvalue weighted by Gasteiger charge is -2.13. The van der Waals surface area contributed by atoms with Gasteiger partial charge in [0, 0.05) is 25.5 Å². The molecule has 6 heteroatoms. The van der Waals surface area contributed by atoms with Crippen LogP contribution in [-0.2, 0) is 13.5 Å². The summed E-state index contributed by atoms with van der Waals surface area (Å²) in [4.78, 5) is 11.7. The van der Waals surface area contributed by atoms with Gasteiger partial charge in [-0.25, -0.2) is 4.79 Å². The SMILES string of the molecule is COc1ccc(CCNC(=O)NCC(O)c2cccn2C)cc1. The Morgan fingerprint density at radius 2 is 2.00 bits per heavy atom. The monoisotopic (exact) mass is 317 g/mol. The summed E-state index contributed by atoms with van der Waals surface area (Å²) in [7, 11) is 3.48. The maximum atomic E-state index is 11.7. The van der Waals surface area contributed by atoms with Crippen molar-refractivity contribution in [2.75, 3.05) is 20.2 Å². The van der Waals surface area contributed by atoms with Gasteiger partial charge in [0.25, 0.3) is 0 Å². The molecule has 0 saturated heterocycles. The normalized spacial score (nSPS) is 11.8. The van der Waals surface area contributed by atoms with E-state index in [4.69, 9.17) is 4.74 Å². The topological polar surface area (TPSA) is 75.5 Å². The quantitative estimate of drug-likeness (QED) is 0.726. The Bertz CT molecular complexity index is 622. The van der Waals surface area contributed by atoms with Crippen molar-refractivity contribution in [2.24, 2.45) is 7.05 Å².